The van der Waals surface area contributed by atoms with Crippen LogP contribution < -0.4 is 10.6 Å². The van der Waals surface area contributed by atoms with E-state index in [1.807, 2.05) is 6.07 Å². The molecule has 0 radical (unpaired) electrons. The van der Waals surface area contributed by atoms with E-state index in [-0.39, 0.29) is 37.4 Å². The molecule has 1 aliphatic heterocycles. The highest BCUT2D eigenvalue weighted by Crippen LogP contribution is 2.26. The molecular formula is C17H20N4O4. The number of hydrogen-bond donors (Lipinski definition) is 3. The van der Waals surface area contributed by atoms with Crippen molar-refractivity contribution in [3.05, 3.63) is 30.0 Å². The average Bonchev–Trinajstić information content (AvgIpc) is 2.95. The van der Waals surface area contributed by atoms with E-state index in [1.54, 1.807) is 25.2 Å². The zero-order valence-electron chi connectivity index (χ0n) is 14.1. The van der Waals surface area contributed by atoms with E-state index in [2.05, 4.69) is 10.6 Å². The van der Waals surface area contributed by atoms with Crippen LogP contribution in [0.1, 0.15) is 22.2 Å². The first kappa shape index (κ1) is 17.0. The monoisotopic (exact) mass is 344 g/mol. The molecule has 25 heavy (non-hydrogen) atoms. The van der Waals surface area contributed by atoms with Gasteiger partial charge in [-0.3, -0.25) is 19.0 Å². The highest BCUT2D eigenvalue weighted by Gasteiger charge is 2.29. The van der Waals surface area contributed by atoms with Crippen molar-refractivity contribution in [3.8, 4) is 0 Å². The summed E-state index contributed by atoms with van der Waals surface area (Å²) in [6.45, 7) is 1.88. The fourth-order valence-electron chi connectivity index (χ4n) is 2.86. The van der Waals surface area contributed by atoms with Crippen LogP contribution in [0.15, 0.2) is 24.3 Å². The molecular weight excluding hydrogens is 324 g/mol. The van der Waals surface area contributed by atoms with Gasteiger partial charge in [0.15, 0.2) is 0 Å². The standard InChI is InChI=1S/C17H20N4O4/c1-10(22)18-7-13(23)8-19-12-3-4-14-11(5-12)6-15-17(25)20(2)9-16(24)21(14)15/h3-6,13,19,23H,7-9H2,1-2H3,(H,18,22)/t13-/m0/s1. The van der Waals surface area contributed by atoms with E-state index in [1.165, 1.54) is 16.4 Å². The Morgan fingerprint density at radius 3 is 2.76 bits per heavy atom. The Balaban J connectivity index is 1.79. The molecule has 1 aliphatic rings. The smallest absolute Gasteiger partial charge is 0.271 e. The number of amides is 2. The molecule has 8 heteroatoms. The van der Waals surface area contributed by atoms with Gasteiger partial charge in [0.05, 0.1) is 11.6 Å². The summed E-state index contributed by atoms with van der Waals surface area (Å²) >= 11 is 0. The number of rotatable bonds is 5. The maximum absolute atomic E-state index is 12.2. The van der Waals surface area contributed by atoms with Gasteiger partial charge in [-0.15, -0.1) is 0 Å². The van der Waals surface area contributed by atoms with E-state index in [0.717, 1.165) is 11.1 Å². The summed E-state index contributed by atoms with van der Waals surface area (Å²) in [5.74, 6) is -0.520. The number of carbonyl (C=O) groups excluding carboxylic acids is 3. The van der Waals surface area contributed by atoms with Gasteiger partial charge in [-0.2, -0.15) is 0 Å². The lowest BCUT2D eigenvalue weighted by molar-refractivity contribution is -0.119. The van der Waals surface area contributed by atoms with Crippen molar-refractivity contribution in [3.63, 3.8) is 0 Å². The second kappa shape index (κ2) is 6.56. The molecule has 0 spiro atoms. The summed E-state index contributed by atoms with van der Waals surface area (Å²) in [5.41, 5.74) is 1.80. The first-order chi connectivity index (χ1) is 11.9. The van der Waals surface area contributed by atoms with Crippen molar-refractivity contribution in [2.24, 2.45) is 0 Å². The van der Waals surface area contributed by atoms with Crippen molar-refractivity contribution in [2.45, 2.75) is 13.0 Å². The largest absolute Gasteiger partial charge is 0.389 e. The number of likely N-dealkylation sites (N-methyl/N-ethyl adjacent to an activating group) is 1. The summed E-state index contributed by atoms with van der Waals surface area (Å²) in [6.07, 6.45) is -0.723. The summed E-state index contributed by atoms with van der Waals surface area (Å²) in [7, 11) is 1.60. The second-order valence-corrected chi connectivity index (χ2v) is 6.17. The van der Waals surface area contributed by atoms with E-state index in [4.69, 9.17) is 0 Å². The number of aliphatic hydroxyl groups is 1. The molecule has 0 fully saturated rings. The predicted molar refractivity (Wildman–Crippen MR) is 92.7 cm³/mol. The maximum Gasteiger partial charge on any atom is 0.271 e. The lowest BCUT2D eigenvalue weighted by Gasteiger charge is -2.23. The number of anilines is 1. The third-order valence-corrected chi connectivity index (χ3v) is 4.12. The molecule has 3 N–H and O–H groups in total. The van der Waals surface area contributed by atoms with Gasteiger partial charge in [0.1, 0.15) is 12.2 Å². The van der Waals surface area contributed by atoms with Gasteiger partial charge < -0.3 is 20.6 Å². The highest BCUT2D eigenvalue weighted by molar-refractivity contribution is 6.09. The van der Waals surface area contributed by atoms with E-state index >= 15 is 0 Å². The van der Waals surface area contributed by atoms with Crippen LogP contribution in [-0.2, 0) is 4.79 Å². The molecule has 0 unspecified atom stereocenters. The highest BCUT2D eigenvalue weighted by atomic mass is 16.3. The summed E-state index contributed by atoms with van der Waals surface area (Å²) < 4.78 is 1.45. The number of fused-ring (bicyclic) bond motifs is 3. The number of nitrogens with zero attached hydrogens (tertiary/aromatic N) is 2. The Morgan fingerprint density at radius 2 is 2.04 bits per heavy atom. The minimum Gasteiger partial charge on any atom is -0.389 e. The summed E-state index contributed by atoms with van der Waals surface area (Å²) in [4.78, 5) is 36.7. The fourth-order valence-corrected chi connectivity index (χ4v) is 2.86. The molecule has 1 aromatic carbocycles. The van der Waals surface area contributed by atoms with Gasteiger partial charge in [0.25, 0.3) is 11.8 Å². The molecule has 8 nitrogen and oxygen atoms in total. The molecule has 0 aliphatic carbocycles. The van der Waals surface area contributed by atoms with Gasteiger partial charge in [0, 0.05) is 38.1 Å². The van der Waals surface area contributed by atoms with Crippen LogP contribution in [0.25, 0.3) is 10.9 Å². The molecule has 0 saturated carbocycles. The van der Waals surface area contributed by atoms with Gasteiger partial charge in [-0.25, -0.2) is 0 Å². The topological polar surface area (TPSA) is 104 Å². The molecule has 2 aromatic rings. The Hall–Kier alpha value is -2.87. The molecule has 2 heterocycles. The number of hydrogen-bond acceptors (Lipinski definition) is 5. The molecule has 0 bridgehead atoms. The average molecular weight is 344 g/mol. The van der Waals surface area contributed by atoms with Crippen LogP contribution in [0, 0.1) is 0 Å². The van der Waals surface area contributed by atoms with Crippen LogP contribution in [0.4, 0.5) is 5.69 Å². The minimum absolute atomic E-state index is 0.0605. The Labute approximate surface area is 144 Å². The summed E-state index contributed by atoms with van der Waals surface area (Å²) in [6, 6.07) is 7.09. The number of benzene rings is 1. The van der Waals surface area contributed by atoms with Crippen LogP contribution in [-0.4, -0.2) is 65.1 Å². The zero-order chi connectivity index (χ0) is 18.1. The fraction of sp³-hybridized carbons (Fsp3) is 0.353. The number of aromatic nitrogens is 1. The van der Waals surface area contributed by atoms with Crippen molar-refractivity contribution in [1.29, 1.82) is 0 Å². The molecule has 1 atom stereocenters. The van der Waals surface area contributed by atoms with Crippen molar-refractivity contribution >= 4 is 34.3 Å². The molecule has 3 rings (SSSR count). The number of aliphatic hydroxyl groups excluding tert-OH is 1. The zero-order valence-corrected chi connectivity index (χ0v) is 14.1. The van der Waals surface area contributed by atoms with Crippen molar-refractivity contribution < 1.29 is 19.5 Å². The quantitative estimate of drug-likeness (QED) is 0.723. The Kier molecular flexibility index (Phi) is 4.45. The first-order valence-electron chi connectivity index (χ1n) is 7.97. The molecule has 2 amide bonds. The van der Waals surface area contributed by atoms with Crippen LogP contribution in [0.2, 0.25) is 0 Å². The number of carbonyl (C=O) groups is 3. The van der Waals surface area contributed by atoms with Crippen LogP contribution >= 0.6 is 0 Å². The maximum atomic E-state index is 12.2. The third kappa shape index (κ3) is 3.34. The first-order valence-corrected chi connectivity index (χ1v) is 7.97. The SMILES string of the molecule is CC(=O)NC[C@H](O)CNc1ccc2c(c1)cc1n2C(=O)CN(C)C1=O. The van der Waals surface area contributed by atoms with Gasteiger partial charge in [-0.1, -0.05) is 0 Å². The Bertz CT molecular complexity index is 858. The van der Waals surface area contributed by atoms with Crippen LogP contribution in [0.3, 0.4) is 0 Å². The predicted octanol–water partition coefficient (Wildman–Crippen LogP) is 0.276. The van der Waals surface area contributed by atoms with E-state index < -0.39 is 6.10 Å². The molecule has 0 saturated heterocycles. The second-order valence-electron chi connectivity index (χ2n) is 6.17. The van der Waals surface area contributed by atoms with Gasteiger partial charge in [0.2, 0.25) is 5.91 Å². The van der Waals surface area contributed by atoms with Crippen LogP contribution in [0.5, 0.6) is 0 Å². The van der Waals surface area contributed by atoms with E-state index in [0.29, 0.717) is 11.2 Å². The third-order valence-electron chi connectivity index (χ3n) is 4.12. The normalized spacial score (nSPS) is 15.2. The van der Waals surface area contributed by atoms with Crippen molar-refractivity contribution in [1.82, 2.24) is 14.8 Å². The number of nitrogens with one attached hydrogen (secondary N) is 2. The molecule has 132 valence electrons. The lowest BCUT2D eigenvalue weighted by Crippen LogP contribution is -2.41. The van der Waals surface area contributed by atoms with Crippen molar-refractivity contribution in [2.75, 3.05) is 32.0 Å². The van der Waals surface area contributed by atoms with Gasteiger partial charge >= 0.3 is 0 Å². The minimum atomic E-state index is -0.723. The Morgan fingerprint density at radius 1 is 1.28 bits per heavy atom. The van der Waals surface area contributed by atoms with E-state index in [9.17, 15) is 19.5 Å². The van der Waals surface area contributed by atoms with Gasteiger partial charge in [-0.05, 0) is 24.3 Å². The molecule has 1 aromatic heterocycles. The summed E-state index contributed by atoms with van der Waals surface area (Å²) in [5, 5.41) is 16.2. The lowest BCUT2D eigenvalue weighted by atomic mass is 10.2.